The van der Waals surface area contributed by atoms with Crippen molar-refractivity contribution in [3.8, 4) is 6.07 Å². The maximum Gasteiger partial charge on any atom is 0.108 e. The molecule has 1 aliphatic carbocycles. The first-order chi connectivity index (χ1) is 7.29. The lowest BCUT2D eigenvalue weighted by Crippen LogP contribution is -2.05. The Hall–Kier alpha value is -1.82. The van der Waals surface area contributed by atoms with E-state index in [0.717, 1.165) is 5.57 Å². The Morgan fingerprint density at radius 3 is 3.13 bits per heavy atom. The number of nitriles is 1. The van der Waals surface area contributed by atoms with Crippen molar-refractivity contribution >= 4 is 0 Å². The molecule has 0 aromatic heterocycles. The van der Waals surface area contributed by atoms with Gasteiger partial charge in [-0.2, -0.15) is 5.26 Å². The number of hydrogen-bond donors (Lipinski definition) is 1. The summed E-state index contributed by atoms with van der Waals surface area (Å²) in [5.74, 6) is -0.470. The van der Waals surface area contributed by atoms with Crippen LogP contribution in [0.15, 0.2) is 48.0 Å². The van der Waals surface area contributed by atoms with Gasteiger partial charge in [0.15, 0.2) is 0 Å². The summed E-state index contributed by atoms with van der Waals surface area (Å²) >= 11 is 0. The average molecular weight is 204 g/mol. The van der Waals surface area contributed by atoms with Crippen LogP contribution in [0.5, 0.6) is 0 Å². The summed E-state index contributed by atoms with van der Waals surface area (Å²) in [6, 6.07) is 2.00. The molecule has 0 aromatic carbocycles. The highest BCUT2D eigenvalue weighted by Gasteiger charge is 2.17. The molecule has 0 bridgehead atoms. The van der Waals surface area contributed by atoms with Crippen LogP contribution in [-0.2, 0) is 0 Å². The fourth-order valence-electron chi connectivity index (χ4n) is 1.50. The van der Waals surface area contributed by atoms with Gasteiger partial charge in [0.25, 0.3) is 0 Å². The van der Waals surface area contributed by atoms with Crippen molar-refractivity contribution in [2.45, 2.75) is 12.8 Å². The van der Waals surface area contributed by atoms with E-state index >= 15 is 0 Å². The molecule has 0 heterocycles. The lowest BCUT2D eigenvalue weighted by atomic mass is 9.90. The topological polar surface area (TPSA) is 49.8 Å². The van der Waals surface area contributed by atoms with Crippen LogP contribution in [0.3, 0.4) is 0 Å². The minimum Gasteiger partial charge on any atom is -0.405 e. The molecule has 0 radical (unpaired) electrons. The Balaban J connectivity index is 2.86. The predicted octanol–water partition coefficient (Wildman–Crippen LogP) is 2.73. The van der Waals surface area contributed by atoms with Crippen molar-refractivity contribution in [1.29, 1.82) is 5.26 Å². The third-order valence-corrected chi connectivity index (χ3v) is 2.22. The van der Waals surface area contributed by atoms with Crippen LogP contribution in [0.2, 0.25) is 0 Å². The number of allylic oxidation sites excluding steroid dienone is 7. The highest BCUT2D eigenvalue weighted by molar-refractivity contribution is 5.32. The average Bonchev–Trinajstić information content (AvgIpc) is 2.25. The van der Waals surface area contributed by atoms with Gasteiger partial charge >= 0.3 is 0 Å². The SMILES string of the molecule is N#CC/C=C(\C=C/N)C1CC=CC=C1F. The fraction of sp³-hybridized carbons (Fsp3) is 0.250. The normalized spacial score (nSPS) is 21.5. The van der Waals surface area contributed by atoms with Crippen LogP contribution in [0.1, 0.15) is 12.8 Å². The molecule has 3 heteroatoms. The first-order valence-electron chi connectivity index (χ1n) is 4.77. The monoisotopic (exact) mass is 204 g/mol. The standard InChI is InChI=1S/C12H13FN2/c13-12-6-2-1-5-11(12)10(7-9-15)4-3-8-14/h1-2,4,6-7,9,11H,3,5,15H2/b9-7-,10-4+. The first kappa shape index (κ1) is 11.3. The smallest absolute Gasteiger partial charge is 0.108 e. The number of hydrogen-bond acceptors (Lipinski definition) is 2. The van der Waals surface area contributed by atoms with Crippen LogP contribution in [0, 0.1) is 17.2 Å². The maximum atomic E-state index is 13.5. The molecule has 2 N–H and O–H groups in total. The Bertz CT molecular complexity index is 370. The molecule has 1 unspecified atom stereocenters. The van der Waals surface area contributed by atoms with Gasteiger partial charge in [0.05, 0.1) is 12.5 Å². The second-order valence-corrected chi connectivity index (χ2v) is 3.19. The lowest BCUT2D eigenvalue weighted by molar-refractivity contribution is 0.511. The predicted molar refractivity (Wildman–Crippen MR) is 58.1 cm³/mol. The second kappa shape index (κ2) is 5.82. The van der Waals surface area contributed by atoms with E-state index in [4.69, 9.17) is 11.0 Å². The van der Waals surface area contributed by atoms with Gasteiger partial charge in [-0.05, 0) is 30.3 Å². The van der Waals surface area contributed by atoms with E-state index in [1.165, 1.54) is 12.3 Å². The Kier molecular flexibility index (Phi) is 4.36. The molecule has 0 fully saturated rings. The van der Waals surface area contributed by atoms with Crippen LogP contribution in [0.4, 0.5) is 4.39 Å². The first-order valence-corrected chi connectivity index (χ1v) is 4.77. The lowest BCUT2D eigenvalue weighted by Gasteiger charge is -2.16. The van der Waals surface area contributed by atoms with Gasteiger partial charge in [-0.1, -0.05) is 18.2 Å². The molecular formula is C12H13FN2. The number of rotatable bonds is 3. The second-order valence-electron chi connectivity index (χ2n) is 3.19. The Labute approximate surface area is 88.9 Å². The summed E-state index contributed by atoms with van der Waals surface area (Å²) in [6.07, 6.45) is 10.7. The van der Waals surface area contributed by atoms with Gasteiger partial charge < -0.3 is 5.73 Å². The molecule has 0 aliphatic heterocycles. The largest absolute Gasteiger partial charge is 0.405 e. The molecule has 0 spiro atoms. The molecular weight excluding hydrogens is 191 g/mol. The zero-order valence-corrected chi connectivity index (χ0v) is 8.36. The summed E-state index contributed by atoms with van der Waals surface area (Å²) in [4.78, 5) is 0. The van der Waals surface area contributed by atoms with Crippen LogP contribution in [-0.4, -0.2) is 0 Å². The summed E-state index contributed by atoms with van der Waals surface area (Å²) in [5, 5.41) is 8.48. The molecule has 0 saturated carbocycles. The Morgan fingerprint density at radius 2 is 2.53 bits per heavy atom. The summed E-state index contributed by atoms with van der Waals surface area (Å²) in [6.45, 7) is 0. The number of halogens is 1. The van der Waals surface area contributed by atoms with Crippen LogP contribution >= 0.6 is 0 Å². The molecule has 0 amide bonds. The molecule has 1 atom stereocenters. The van der Waals surface area contributed by atoms with Crippen molar-refractivity contribution in [2.24, 2.45) is 11.7 Å². The van der Waals surface area contributed by atoms with Gasteiger partial charge in [-0.3, -0.25) is 0 Å². The molecule has 15 heavy (non-hydrogen) atoms. The minimum absolute atomic E-state index is 0.181. The third kappa shape index (κ3) is 3.10. The molecule has 78 valence electrons. The highest BCUT2D eigenvalue weighted by atomic mass is 19.1. The molecule has 1 aliphatic rings. The van der Waals surface area contributed by atoms with E-state index in [1.54, 1.807) is 18.2 Å². The molecule has 0 aromatic rings. The van der Waals surface area contributed by atoms with Crippen molar-refractivity contribution in [3.05, 3.63) is 48.0 Å². The van der Waals surface area contributed by atoms with Gasteiger partial charge in [0, 0.05) is 5.92 Å². The Morgan fingerprint density at radius 1 is 1.73 bits per heavy atom. The van der Waals surface area contributed by atoms with Crippen molar-refractivity contribution in [3.63, 3.8) is 0 Å². The van der Waals surface area contributed by atoms with Crippen molar-refractivity contribution in [2.75, 3.05) is 0 Å². The van der Waals surface area contributed by atoms with E-state index in [2.05, 4.69) is 0 Å². The van der Waals surface area contributed by atoms with E-state index in [9.17, 15) is 4.39 Å². The maximum absolute atomic E-state index is 13.5. The van der Waals surface area contributed by atoms with E-state index in [1.807, 2.05) is 12.1 Å². The van der Waals surface area contributed by atoms with Gasteiger partial charge in [-0.25, -0.2) is 4.39 Å². The zero-order valence-electron chi connectivity index (χ0n) is 8.36. The van der Waals surface area contributed by atoms with Gasteiger partial charge in [0.1, 0.15) is 5.83 Å². The fourth-order valence-corrected chi connectivity index (χ4v) is 1.50. The third-order valence-electron chi connectivity index (χ3n) is 2.22. The van der Waals surface area contributed by atoms with Crippen LogP contribution in [0.25, 0.3) is 0 Å². The molecule has 1 rings (SSSR count). The quantitative estimate of drug-likeness (QED) is 0.718. The zero-order chi connectivity index (χ0) is 11.1. The van der Waals surface area contributed by atoms with Gasteiger partial charge in [-0.15, -0.1) is 0 Å². The van der Waals surface area contributed by atoms with Crippen LogP contribution < -0.4 is 5.73 Å². The molecule has 2 nitrogen and oxygen atoms in total. The minimum atomic E-state index is -0.289. The summed E-state index contributed by atoms with van der Waals surface area (Å²) in [7, 11) is 0. The van der Waals surface area contributed by atoms with Crippen molar-refractivity contribution in [1.82, 2.24) is 0 Å². The van der Waals surface area contributed by atoms with E-state index < -0.39 is 0 Å². The number of nitrogens with zero attached hydrogens (tertiary/aromatic N) is 1. The number of nitrogens with two attached hydrogens (primary N) is 1. The summed E-state index contributed by atoms with van der Waals surface area (Å²) in [5.41, 5.74) is 6.05. The summed E-state index contributed by atoms with van der Waals surface area (Å²) < 4.78 is 13.5. The van der Waals surface area contributed by atoms with E-state index in [-0.39, 0.29) is 18.2 Å². The molecule has 0 saturated heterocycles. The van der Waals surface area contributed by atoms with Crippen molar-refractivity contribution < 1.29 is 4.39 Å². The van der Waals surface area contributed by atoms with E-state index in [0.29, 0.717) is 6.42 Å². The van der Waals surface area contributed by atoms with Gasteiger partial charge in [0.2, 0.25) is 0 Å². The highest BCUT2D eigenvalue weighted by Crippen LogP contribution is 2.29.